The number of nitrogens with two attached hydrogens (primary N) is 1. The molecule has 0 aromatic heterocycles. The van der Waals surface area contributed by atoms with Gasteiger partial charge in [-0.25, -0.2) is 18.4 Å². The van der Waals surface area contributed by atoms with Gasteiger partial charge in [-0.1, -0.05) is 50.2 Å². The normalized spacial score (nSPS) is 12.3. The van der Waals surface area contributed by atoms with Crippen molar-refractivity contribution in [3.8, 4) is 0 Å². The standard InChI is InChI=1S/C20H26N4O4S/c1-13(2)18(24-20(26)22-12-15-7-5-4-6-8-15)19(25)23-16-10-9-14(3)17(11-16)29(21,27)28/h4-11,13,18H,12H2,1-3H3,(H,23,25)(H2,21,27,28)(H2,22,24,26). The molecule has 2 aromatic carbocycles. The zero-order valence-corrected chi connectivity index (χ0v) is 17.4. The average molecular weight is 419 g/mol. The molecule has 0 heterocycles. The summed E-state index contributed by atoms with van der Waals surface area (Å²) in [6.45, 7) is 5.54. The lowest BCUT2D eigenvalue weighted by Gasteiger charge is -2.22. The number of rotatable bonds is 7. The molecule has 0 aliphatic heterocycles. The Kier molecular flexibility index (Phi) is 7.35. The lowest BCUT2D eigenvalue weighted by molar-refractivity contribution is -0.118. The van der Waals surface area contributed by atoms with Gasteiger partial charge in [-0.15, -0.1) is 0 Å². The average Bonchev–Trinajstić information content (AvgIpc) is 2.65. The van der Waals surface area contributed by atoms with Crippen LogP contribution in [0.2, 0.25) is 0 Å². The van der Waals surface area contributed by atoms with Crippen LogP contribution in [-0.4, -0.2) is 26.4 Å². The van der Waals surface area contributed by atoms with Crippen LogP contribution in [0.4, 0.5) is 10.5 Å². The summed E-state index contributed by atoms with van der Waals surface area (Å²) in [6, 6.07) is 12.5. The van der Waals surface area contributed by atoms with E-state index in [1.165, 1.54) is 6.07 Å². The van der Waals surface area contributed by atoms with E-state index in [1.54, 1.807) is 32.9 Å². The number of urea groups is 1. The Bertz CT molecular complexity index is 975. The zero-order valence-electron chi connectivity index (χ0n) is 16.6. The van der Waals surface area contributed by atoms with Gasteiger partial charge in [0.2, 0.25) is 15.9 Å². The first kappa shape index (κ1) is 22.4. The minimum atomic E-state index is -3.91. The van der Waals surface area contributed by atoms with Gasteiger partial charge in [0, 0.05) is 12.2 Å². The molecular formula is C20H26N4O4S. The van der Waals surface area contributed by atoms with Gasteiger partial charge in [-0.05, 0) is 36.1 Å². The molecule has 0 saturated carbocycles. The van der Waals surface area contributed by atoms with Crippen LogP contribution in [0.5, 0.6) is 0 Å². The Morgan fingerprint density at radius 1 is 1.07 bits per heavy atom. The second-order valence-electron chi connectivity index (χ2n) is 7.05. The van der Waals surface area contributed by atoms with Crippen molar-refractivity contribution in [3.05, 3.63) is 59.7 Å². The molecule has 1 unspecified atom stereocenters. The Labute approximate surface area is 170 Å². The van der Waals surface area contributed by atoms with Gasteiger partial charge in [0.1, 0.15) is 6.04 Å². The highest BCUT2D eigenvalue weighted by Crippen LogP contribution is 2.19. The van der Waals surface area contributed by atoms with Crippen LogP contribution in [0, 0.1) is 12.8 Å². The molecule has 9 heteroatoms. The van der Waals surface area contributed by atoms with Crippen molar-refractivity contribution < 1.29 is 18.0 Å². The van der Waals surface area contributed by atoms with Crippen LogP contribution >= 0.6 is 0 Å². The van der Waals surface area contributed by atoms with Gasteiger partial charge in [0.25, 0.3) is 0 Å². The van der Waals surface area contributed by atoms with Crippen molar-refractivity contribution in [2.45, 2.75) is 38.3 Å². The van der Waals surface area contributed by atoms with Crippen molar-refractivity contribution in [2.24, 2.45) is 11.1 Å². The van der Waals surface area contributed by atoms with E-state index in [-0.39, 0.29) is 16.5 Å². The Hall–Kier alpha value is -2.91. The Morgan fingerprint density at radius 2 is 1.72 bits per heavy atom. The van der Waals surface area contributed by atoms with Gasteiger partial charge in [0.05, 0.1) is 4.90 Å². The number of carbonyl (C=O) groups is 2. The third kappa shape index (κ3) is 6.58. The number of nitrogens with one attached hydrogen (secondary N) is 3. The van der Waals surface area contributed by atoms with E-state index in [0.717, 1.165) is 5.56 Å². The van der Waals surface area contributed by atoms with Crippen molar-refractivity contribution >= 4 is 27.6 Å². The smallest absolute Gasteiger partial charge is 0.315 e. The number of aryl methyl sites for hydroxylation is 1. The minimum absolute atomic E-state index is 0.0649. The molecule has 2 rings (SSSR count). The van der Waals surface area contributed by atoms with Gasteiger partial charge in [0.15, 0.2) is 0 Å². The Balaban J connectivity index is 2.05. The van der Waals surface area contributed by atoms with E-state index in [4.69, 9.17) is 5.14 Å². The fourth-order valence-electron chi connectivity index (χ4n) is 2.71. The number of primary sulfonamides is 1. The van der Waals surface area contributed by atoms with Crippen LogP contribution in [0.15, 0.2) is 53.4 Å². The van der Waals surface area contributed by atoms with Crippen molar-refractivity contribution in [1.29, 1.82) is 0 Å². The van der Waals surface area contributed by atoms with Crippen molar-refractivity contribution in [2.75, 3.05) is 5.32 Å². The number of sulfonamides is 1. The van der Waals surface area contributed by atoms with Crippen molar-refractivity contribution in [3.63, 3.8) is 0 Å². The topological polar surface area (TPSA) is 130 Å². The van der Waals surface area contributed by atoms with Gasteiger partial charge in [-0.2, -0.15) is 0 Å². The molecule has 3 amide bonds. The number of hydrogen-bond donors (Lipinski definition) is 4. The highest BCUT2D eigenvalue weighted by molar-refractivity contribution is 7.89. The first-order valence-corrected chi connectivity index (χ1v) is 10.6. The summed E-state index contributed by atoms with van der Waals surface area (Å²) in [6.07, 6.45) is 0. The summed E-state index contributed by atoms with van der Waals surface area (Å²) < 4.78 is 23.3. The maximum Gasteiger partial charge on any atom is 0.315 e. The van der Waals surface area contributed by atoms with Crippen molar-refractivity contribution in [1.82, 2.24) is 10.6 Å². The molecular weight excluding hydrogens is 392 g/mol. The number of hydrogen-bond acceptors (Lipinski definition) is 4. The molecule has 0 aliphatic rings. The fraction of sp³-hybridized carbons (Fsp3) is 0.300. The number of anilines is 1. The summed E-state index contributed by atoms with van der Waals surface area (Å²) >= 11 is 0. The molecule has 0 bridgehead atoms. The summed E-state index contributed by atoms with van der Waals surface area (Å²) in [5.41, 5.74) is 1.69. The predicted octanol–water partition coefficient (Wildman–Crippen LogP) is 2.10. The molecule has 0 aliphatic carbocycles. The van der Waals surface area contributed by atoms with E-state index >= 15 is 0 Å². The van der Waals surface area contributed by atoms with E-state index in [0.29, 0.717) is 12.1 Å². The number of amides is 3. The quantitative estimate of drug-likeness (QED) is 0.548. The van der Waals surface area contributed by atoms with Gasteiger partial charge in [-0.3, -0.25) is 4.79 Å². The number of benzene rings is 2. The van der Waals surface area contributed by atoms with Crippen LogP contribution < -0.4 is 21.1 Å². The summed E-state index contributed by atoms with van der Waals surface area (Å²) in [4.78, 5) is 24.8. The van der Waals surface area contributed by atoms with E-state index in [1.807, 2.05) is 30.3 Å². The minimum Gasteiger partial charge on any atom is -0.334 e. The summed E-state index contributed by atoms with van der Waals surface area (Å²) in [5, 5.41) is 13.2. The first-order valence-electron chi connectivity index (χ1n) is 9.10. The molecule has 8 nitrogen and oxygen atoms in total. The predicted molar refractivity (Wildman–Crippen MR) is 112 cm³/mol. The second-order valence-corrected chi connectivity index (χ2v) is 8.58. The van der Waals surface area contributed by atoms with Crippen LogP contribution in [-0.2, 0) is 21.4 Å². The molecule has 5 N–H and O–H groups in total. The third-order valence-corrected chi connectivity index (χ3v) is 5.35. The maximum atomic E-state index is 12.7. The monoisotopic (exact) mass is 418 g/mol. The Morgan fingerprint density at radius 3 is 2.31 bits per heavy atom. The molecule has 29 heavy (non-hydrogen) atoms. The third-order valence-electron chi connectivity index (χ3n) is 4.29. The van der Waals surface area contributed by atoms with Gasteiger partial charge < -0.3 is 16.0 Å². The molecule has 0 spiro atoms. The second kappa shape index (κ2) is 9.53. The fourth-order valence-corrected chi connectivity index (χ4v) is 3.52. The molecule has 0 fully saturated rings. The first-order chi connectivity index (χ1) is 13.6. The molecule has 0 saturated heterocycles. The summed E-state index contributed by atoms with van der Waals surface area (Å²) in [7, 11) is -3.91. The zero-order chi connectivity index (χ0) is 21.6. The molecule has 0 radical (unpaired) electrons. The SMILES string of the molecule is Cc1ccc(NC(=O)C(NC(=O)NCc2ccccc2)C(C)C)cc1S(N)(=O)=O. The van der Waals surface area contributed by atoms with E-state index in [2.05, 4.69) is 16.0 Å². The van der Waals surface area contributed by atoms with Gasteiger partial charge >= 0.3 is 6.03 Å². The molecule has 156 valence electrons. The van der Waals surface area contributed by atoms with Crippen LogP contribution in [0.25, 0.3) is 0 Å². The molecule has 2 aromatic rings. The number of carbonyl (C=O) groups excluding carboxylic acids is 2. The molecule has 1 atom stereocenters. The van der Waals surface area contributed by atoms with E-state index < -0.39 is 28.0 Å². The maximum absolute atomic E-state index is 12.7. The van der Waals surface area contributed by atoms with Crippen LogP contribution in [0.3, 0.4) is 0 Å². The van der Waals surface area contributed by atoms with Crippen LogP contribution in [0.1, 0.15) is 25.0 Å². The summed E-state index contributed by atoms with van der Waals surface area (Å²) in [5.74, 6) is -0.653. The largest absolute Gasteiger partial charge is 0.334 e. The lowest BCUT2D eigenvalue weighted by Crippen LogP contribution is -2.50. The highest BCUT2D eigenvalue weighted by atomic mass is 32.2. The lowest BCUT2D eigenvalue weighted by atomic mass is 10.0. The highest BCUT2D eigenvalue weighted by Gasteiger charge is 2.24. The van der Waals surface area contributed by atoms with E-state index in [9.17, 15) is 18.0 Å².